The van der Waals surface area contributed by atoms with E-state index in [1.54, 1.807) is 24.3 Å². The Morgan fingerprint density at radius 3 is 2.69 bits per heavy atom. The van der Waals surface area contributed by atoms with E-state index in [0.29, 0.717) is 28.1 Å². The van der Waals surface area contributed by atoms with Gasteiger partial charge in [0.05, 0.1) is 6.57 Å². The number of carbonyl (C=O) groups excluding carboxylic acids is 1. The molecule has 6 nitrogen and oxygen atoms in total. The number of benzene rings is 2. The summed E-state index contributed by atoms with van der Waals surface area (Å²) in [5.41, 5.74) is 12.7. The van der Waals surface area contributed by atoms with Gasteiger partial charge in [-0.05, 0) is 54.5 Å². The Bertz CT molecular complexity index is 1000. The van der Waals surface area contributed by atoms with Crippen molar-refractivity contribution in [3.05, 3.63) is 76.4 Å². The number of fused-ring (bicyclic) bond motifs is 1. The zero-order valence-corrected chi connectivity index (χ0v) is 13.9. The van der Waals surface area contributed by atoms with Gasteiger partial charge in [-0.3, -0.25) is 4.79 Å². The minimum atomic E-state index is -0.601. The SMILES string of the molecule is [C-]#[N+]c1ccc(F)cc1C1=CC(C)Oc2ccc(C(=O)N=C(N)N)cc21. The molecule has 0 radical (unpaired) electrons. The number of hydrogen-bond acceptors (Lipinski definition) is 2. The molecule has 3 rings (SSSR count). The first-order valence-electron chi connectivity index (χ1n) is 7.73. The van der Waals surface area contributed by atoms with E-state index in [-0.39, 0.29) is 17.6 Å². The number of nitrogens with zero attached hydrogens (tertiary/aromatic N) is 2. The normalized spacial score (nSPS) is 15.1. The molecule has 0 aromatic heterocycles. The van der Waals surface area contributed by atoms with Gasteiger partial charge >= 0.3 is 0 Å². The molecule has 7 heteroatoms. The van der Waals surface area contributed by atoms with Gasteiger partial charge in [-0.25, -0.2) is 9.24 Å². The second-order valence-electron chi connectivity index (χ2n) is 5.73. The molecule has 2 aromatic rings. The molecule has 0 fully saturated rings. The van der Waals surface area contributed by atoms with Crippen LogP contribution in [0.4, 0.5) is 10.1 Å². The van der Waals surface area contributed by atoms with Gasteiger partial charge in [-0.2, -0.15) is 4.99 Å². The van der Waals surface area contributed by atoms with Gasteiger partial charge in [0.15, 0.2) is 11.6 Å². The minimum absolute atomic E-state index is 0.252. The van der Waals surface area contributed by atoms with E-state index in [2.05, 4.69) is 9.84 Å². The van der Waals surface area contributed by atoms with Crippen LogP contribution in [0.3, 0.4) is 0 Å². The topological polar surface area (TPSA) is 95.1 Å². The molecule has 1 aliphatic heterocycles. The number of hydrogen-bond donors (Lipinski definition) is 2. The minimum Gasteiger partial charge on any atom is -0.486 e. The Morgan fingerprint density at radius 2 is 2.00 bits per heavy atom. The second kappa shape index (κ2) is 6.69. The Balaban J connectivity index is 2.18. The second-order valence-corrected chi connectivity index (χ2v) is 5.73. The summed E-state index contributed by atoms with van der Waals surface area (Å²) >= 11 is 0. The molecular weight excluding hydrogens is 335 g/mol. The molecule has 1 heterocycles. The van der Waals surface area contributed by atoms with Gasteiger partial charge in [0.25, 0.3) is 5.91 Å². The van der Waals surface area contributed by atoms with E-state index < -0.39 is 11.7 Å². The number of rotatable bonds is 2. The number of ether oxygens (including phenoxy) is 1. The maximum atomic E-state index is 13.8. The van der Waals surface area contributed by atoms with Crippen LogP contribution >= 0.6 is 0 Å². The van der Waals surface area contributed by atoms with Crippen molar-refractivity contribution in [2.45, 2.75) is 13.0 Å². The molecule has 0 aliphatic carbocycles. The number of amides is 1. The third-order valence-corrected chi connectivity index (χ3v) is 3.83. The van der Waals surface area contributed by atoms with Crippen LogP contribution in [-0.4, -0.2) is 18.0 Å². The first-order chi connectivity index (χ1) is 12.4. The van der Waals surface area contributed by atoms with Crippen LogP contribution in [0.5, 0.6) is 5.75 Å². The van der Waals surface area contributed by atoms with Crippen molar-refractivity contribution in [1.82, 2.24) is 0 Å². The lowest BCUT2D eigenvalue weighted by Gasteiger charge is -2.24. The molecule has 0 saturated carbocycles. The summed E-state index contributed by atoms with van der Waals surface area (Å²) in [5, 5.41) is 0. The maximum absolute atomic E-state index is 13.8. The summed E-state index contributed by atoms with van der Waals surface area (Å²) in [4.78, 5) is 19.1. The molecular formula is C19H15FN4O2. The first-order valence-corrected chi connectivity index (χ1v) is 7.73. The first kappa shape index (κ1) is 17.2. The predicted molar refractivity (Wildman–Crippen MR) is 96.4 cm³/mol. The molecule has 1 unspecified atom stereocenters. The molecule has 26 heavy (non-hydrogen) atoms. The van der Waals surface area contributed by atoms with Gasteiger partial charge < -0.3 is 16.2 Å². The molecule has 4 N–H and O–H groups in total. The fourth-order valence-electron chi connectivity index (χ4n) is 2.77. The molecule has 0 saturated heterocycles. The highest BCUT2D eigenvalue weighted by atomic mass is 19.1. The molecule has 130 valence electrons. The Morgan fingerprint density at radius 1 is 1.23 bits per heavy atom. The van der Waals surface area contributed by atoms with Crippen molar-refractivity contribution in [2.24, 2.45) is 16.5 Å². The van der Waals surface area contributed by atoms with Gasteiger partial charge in [0, 0.05) is 11.1 Å². The highest BCUT2D eigenvalue weighted by Crippen LogP contribution is 2.40. The van der Waals surface area contributed by atoms with Crippen molar-refractivity contribution in [1.29, 1.82) is 0 Å². The largest absolute Gasteiger partial charge is 0.486 e. The van der Waals surface area contributed by atoms with Crippen LogP contribution in [0.15, 0.2) is 47.5 Å². The quantitative estimate of drug-likeness (QED) is 0.494. The zero-order valence-electron chi connectivity index (χ0n) is 13.9. The fraction of sp³-hybridized carbons (Fsp3) is 0.105. The van der Waals surface area contributed by atoms with Crippen LogP contribution in [0.2, 0.25) is 0 Å². The number of nitrogens with two attached hydrogens (primary N) is 2. The third kappa shape index (κ3) is 3.26. The molecule has 0 spiro atoms. The molecule has 2 aromatic carbocycles. The lowest BCUT2D eigenvalue weighted by atomic mass is 9.91. The van der Waals surface area contributed by atoms with Crippen LogP contribution in [0, 0.1) is 12.4 Å². The van der Waals surface area contributed by atoms with Gasteiger partial charge in [-0.15, -0.1) is 0 Å². The zero-order chi connectivity index (χ0) is 18.8. The van der Waals surface area contributed by atoms with Crippen molar-refractivity contribution in [3.8, 4) is 5.75 Å². The summed E-state index contributed by atoms with van der Waals surface area (Å²) in [7, 11) is 0. The standard InChI is InChI=1S/C19H15FN4O2/c1-10-7-13(14-9-12(20)4-5-16(14)23-2)15-8-11(3-6-17(15)26-10)18(25)24-19(21)22/h3-10H,1H3,(H4,21,22,24,25). The Labute approximate surface area is 149 Å². The number of carbonyl (C=O) groups is 1. The number of aliphatic imine (C=N–C) groups is 1. The molecule has 1 atom stereocenters. The van der Waals surface area contributed by atoms with E-state index in [1.807, 2.05) is 6.92 Å². The van der Waals surface area contributed by atoms with Crippen LogP contribution in [0.25, 0.3) is 10.4 Å². The van der Waals surface area contributed by atoms with Gasteiger partial charge in [0.2, 0.25) is 0 Å². The summed E-state index contributed by atoms with van der Waals surface area (Å²) < 4.78 is 19.6. The fourth-order valence-corrected chi connectivity index (χ4v) is 2.77. The van der Waals surface area contributed by atoms with Gasteiger partial charge in [0.1, 0.15) is 17.7 Å². The lowest BCUT2D eigenvalue weighted by Crippen LogP contribution is -2.24. The van der Waals surface area contributed by atoms with Gasteiger partial charge in [-0.1, -0.05) is 6.07 Å². The Hall–Kier alpha value is -3.66. The number of halogens is 1. The average molecular weight is 350 g/mol. The predicted octanol–water partition coefficient (Wildman–Crippen LogP) is 3.00. The summed E-state index contributed by atoms with van der Waals surface area (Å²) in [6.07, 6.45) is 1.50. The van der Waals surface area contributed by atoms with Crippen molar-refractivity contribution in [2.75, 3.05) is 0 Å². The van der Waals surface area contributed by atoms with Crippen molar-refractivity contribution in [3.63, 3.8) is 0 Å². The summed E-state index contributed by atoms with van der Waals surface area (Å²) in [6, 6.07) is 8.70. The Kier molecular flexibility index (Phi) is 4.42. The molecule has 0 bridgehead atoms. The van der Waals surface area contributed by atoms with E-state index in [9.17, 15) is 9.18 Å². The summed E-state index contributed by atoms with van der Waals surface area (Å²) in [5.74, 6) is -0.873. The van der Waals surface area contributed by atoms with Crippen LogP contribution < -0.4 is 16.2 Å². The van der Waals surface area contributed by atoms with E-state index in [4.69, 9.17) is 22.8 Å². The highest BCUT2D eigenvalue weighted by molar-refractivity contribution is 6.03. The maximum Gasteiger partial charge on any atom is 0.280 e. The summed E-state index contributed by atoms with van der Waals surface area (Å²) in [6.45, 7) is 9.17. The van der Waals surface area contributed by atoms with Crippen LogP contribution in [-0.2, 0) is 0 Å². The van der Waals surface area contributed by atoms with E-state index >= 15 is 0 Å². The smallest absolute Gasteiger partial charge is 0.280 e. The van der Waals surface area contributed by atoms with Crippen molar-refractivity contribution >= 4 is 23.1 Å². The van der Waals surface area contributed by atoms with E-state index in [1.165, 1.54) is 18.2 Å². The van der Waals surface area contributed by atoms with Crippen LogP contribution in [0.1, 0.15) is 28.4 Å². The highest BCUT2D eigenvalue weighted by Gasteiger charge is 2.23. The monoisotopic (exact) mass is 350 g/mol. The van der Waals surface area contributed by atoms with Crippen molar-refractivity contribution < 1.29 is 13.9 Å². The average Bonchev–Trinajstić information content (AvgIpc) is 2.60. The number of guanidine groups is 1. The van der Waals surface area contributed by atoms with E-state index in [0.717, 1.165) is 0 Å². The molecule has 1 aliphatic rings. The third-order valence-electron chi connectivity index (χ3n) is 3.83. The molecule has 1 amide bonds. The lowest BCUT2D eigenvalue weighted by molar-refractivity contribution is 0.100.